The Morgan fingerprint density at radius 1 is 1.35 bits per heavy atom. The van der Waals surface area contributed by atoms with Crippen molar-refractivity contribution in [3.8, 4) is 0 Å². The van der Waals surface area contributed by atoms with E-state index >= 15 is 0 Å². The maximum atomic E-state index is 3.56. The van der Waals surface area contributed by atoms with Gasteiger partial charge in [-0.05, 0) is 43.7 Å². The summed E-state index contributed by atoms with van der Waals surface area (Å²) in [5, 5.41) is 4.74. The van der Waals surface area contributed by atoms with E-state index in [0.29, 0.717) is 6.04 Å². The third-order valence-corrected chi connectivity index (χ3v) is 3.83. The van der Waals surface area contributed by atoms with Gasteiger partial charge in [-0.3, -0.25) is 0 Å². The second kappa shape index (κ2) is 5.23. The molecule has 0 bridgehead atoms. The molecule has 1 heterocycles. The summed E-state index contributed by atoms with van der Waals surface area (Å²) >= 11 is 3.56. The highest BCUT2D eigenvalue weighted by atomic mass is 79.9. The van der Waals surface area contributed by atoms with Gasteiger partial charge >= 0.3 is 0 Å². The maximum Gasteiger partial charge on any atom is 0.0460 e. The summed E-state index contributed by atoms with van der Waals surface area (Å²) in [6, 6.07) is 6.86. The van der Waals surface area contributed by atoms with E-state index in [-0.39, 0.29) is 0 Å². The number of rotatable bonds is 4. The van der Waals surface area contributed by atoms with Crippen LogP contribution in [0, 0.1) is 0 Å². The quantitative estimate of drug-likeness (QED) is 0.870. The Bertz CT molecular complexity index is 512. The second-order valence-corrected chi connectivity index (χ2v) is 5.23. The van der Waals surface area contributed by atoms with Crippen LogP contribution in [0.3, 0.4) is 0 Å². The number of nitrogens with one attached hydrogen (secondary N) is 2. The van der Waals surface area contributed by atoms with E-state index in [1.165, 1.54) is 22.2 Å². The van der Waals surface area contributed by atoms with Crippen LogP contribution in [-0.4, -0.2) is 12.0 Å². The topological polar surface area (TPSA) is 27.8 Å². The van der Waals surface area contributed by atoms with E-state index in [2.05, 4.69) is 58.3 Å². The number of hydrogen-bond donors (Lipinski definition) is 2. The minimum atomic E-state index is 0.424. The Hall–Kier alpha value is -0.800. The molecule has 2 rings (SSSR count). The van der Waals surface area contributed by atoms with Crippen molar-refractivity contribution < 1.29 is 0 Å². The highest BCUT2D eigenvalue weighted by molar-refractivity contribution is 9.10. The molecule has 0 saturated heterocycles. The minimum Gasteiger partial charge on any atom is -0.358 e. The molecule has 0 fully saturated rings. The van der Waals surface area contributed by atoms with E-state index in [1.54, 1.807) is 0 Å². The summed E-state index contributed by atoms with van der Waals surface area (Å²) in [4.78, 5) is 3.53. The zero-order valence-electron chi connectivity index (χ0n) is 10.6. The highest BCUT2D eigenvalue weighted by Crippen LogP contribution is 2.31. The van der Waals surface area contributed by atoms with Crippen molar-refractivity contribution in [2.45, 2.75) is 32.7 Å². The molecule has 1 aromatic carbocycles. The molecule has 0 aliphatic carbocycles. The van der Waals surface area contributed by atoms with Crippen LogP contribution in [0.5, 0.6) is 0 Å². The number of benzene rings is 1. The van der Waals surface area contributed by atoms with Crippen molar-refractivity contribution in [2.24, 2.45) is 0 Å². The fourth-order valence-electron chi connectivity index (χ4n) is 2.47. The van der Waals surface area contributed by atoms with Gasteiger partial charge in [-0.15, -0.1) is 0 Å². The van der Waals surface area contributed by atoms with Gasteiger partial charge in [0.05, 0.1) is 0 Å². The van der Waals surface area contributed by atoms with E-state index in [9.17, 15) is 0 Å². The molecule has 92 valence electrons. The molecule has 2 nitrogen and oxygen atoms in total. The first-order valence-electron chi connectivity index (χ1n) is 6.18. The summed E-state index contributed by atoms with van der Waals surface area (Å²) in [5.74, 6) is 0. The second-order valence-electron chi connectivity index (χ2n) is 4.31. The van der Waals surface area contributed by atoms with Gasteiger partial charge in [0, 0.05) is 27.1 Å². The Morgan fingerprint density at radius 2 is 2.12 bits per heavy atom. The molecule has 17 heavy (non-hydrogen) atoms. The average Bonchev–Trinajstić information content (AvgIpc) is 2.69. The molecule has 3 heteroatoms. The molecular weight excluding hydrogens is 276 g/mol. The van der Waals surface area contributed by atoms with Gasteiger partial charge in [-0.25, -0.2) is 0 Å². The van der Waals surface area contributed by atoms with E-state index in [4.69, 9.17) is 0 Å². The molecule has 2 N–H and O–H groups in total. The number of fused-ring (bicyclic) bond motifs is 1. The van der Waals surface area contributed by atoms with Crippen molar-refractivity contribution >= 4 is 26.8 Å². The van der Waals surface area contributed by atoms with Crippen molar-refractivity contribution in [3.05, 3.63) is 33.9 Å². The lowest BCUT2D eigenvalue weighted by atomic mass is 10.00. The number of halogens is 1. The molecule has 0 saturated carbocycles. The SMILES string of the molecule is CCc1[nH]c2ccc(Br)cc2c1C(CC)NC. The Labute approximate surface area is 111 Å². The Morgan fingerprint density at radius 3 is 2.71 bits per heavy atom. The minimum absolute atomic E-state index is 0.424. The van der Waals surface area contributed by atoms with Gasteiger partial charge in [0.2, 0.25) is 0 Å². The summed E-state index contributed by atoms with van der Waals surface area (Å²) in [6.07, 6.45) is 2.14. The van der Waals surface area contributed by atoms with Gasteiger partial charge < -0.3 is 10.3 Å². The van der Waals surface area contributed by atoms with Gasteiger partial charge in [0.1, 0.15) is 0 Å². The molecule has 0 aliphatic rings. The molecular formula is C14H19BrN2. The van der Waals surface area contributed by atoms with Crippen LogP contribution >= 0.6 is 15.9 Å². The predicted molar refractivity (Wildman–Crippen MR) is 77.5 cm³/mol. The average molecular weight is 295 g/mol. The fraction of sp³-hybridized carbons (Fsp3) is 0.429. The normalized spacial score (nSPS) is 13.2. The molecule has 1 unspecified atom stereocenters. The molecule has 0 spiro atoms. The van der Waals surface area contributed by atoms with Crippen LogP contribution in [0.2, 0.25) is 0 Å². The third kappa shape index (κ3) is 2.26. The van der Waals surface area contributed by atoms with Crippen molar-refractivity contribution in [3.63, 3.8) is 0 Å². The smallest absolute Gasteiger partial charge is 0.0460 e. The number of aromatic amines is 1. The molecule has 1 atom stereocenters. The number of aryl methyl sites for hydroxylation is 1. The van der Waals surface area contributed by atoms with Crippen LogP contribution in [0.15, 0.2) is 22.7 Å². The lowest BCUT2D eigenvalue weighted by Crippen LogP contribution is -2.16. The first-order valence-corrected chi connectivity index (χ1v) is 6.97. The summed E-state index contributed by atoms with van der Waals surface area (Å²) < 4.78 is 1.14. The van der Waals surface area contributed by atoms with Gasteiger partial charge in [-0.2, -0.15) is 0 Å². The molecule has 0 amide bonds. The fourth-order valence-corrected chi connectivity index (χ4v) is 2.83. The molecule has 0 radical (unpaired) electrons. The molecule has 2 aromatic rings. The molecule has 1 aromatic heterocycles. The van der Waals surface area contributed by atoms with Crippen LogP contribution in [-0.2, 0) is 6.42 Å². The van der Waals surface area contributed by atoms with Crippen molar-refractivity contribution in [1.29, 1.82) is 0 Å². The third-order valence-electron chi connectivity index (χ3n) is 3.34. The maximum absolute atomic E-state index is 3.56. The van der Waals surface area contributed by atoms with Gasteiger partial charge in [-0.1, -0.05) is 29.8 Å². The van der Waals surface area contributed by atoms with Crippen LogP contribution < -0.4 is 5.32 Å². The summed E-state index contributed by atoms with van der Waals surface area (Å²) in [7, 11) is 2.03. The zero-order chi connectivity index (χ0) is 12.4. The van der Waals surface area contributed by atoms with E-state index < -0.39 is 0 Å². The predicted octanol–water partition coefficient (Wildman–Crippen LogP) is 4.16. The largest absolute Gasteiger partial charge is 0.358 e. The first-order chi connectivity index (χ1) is 8.21. The lowest BCUT2D eigenvalue weighted by Gasteiger charge is -2.15. The number of hydrogen-bond acceptors (Lipinski definition) is 1. The van der Waals surface area contributed by atoms with Crippen molar-refractivity contribution in [2.75, 3.05) is 7.05 Å². The monoisotopic (exact) mass is 294 g/mol. The van der Waals surface area contributed by atoms with Gasteiger partial charge in [0.25, 0.3) is 0 Å². The summed E-state index contributed by atoms with van der Waals surface area (Å²) in [6.45, 7) is 4.42. The van der Waals surface area contributed by atoms with E-state index in [0.717, 1.165) is 17.3 Å². The van der Waals surface area contributed by atoms with E-state index in [1.807, 2.05) is 7.05 Å². The first kappa shape index (κ1) is 12.7. The van der Waals surface area contributed by atoms with Crippen LogP contribution in [0.4, 0.5) is 0 Å². The molecule has 0 aliphatic heterocycles. The Balaban J connectivity index is 2.67. The van der Waals surface area contributed by atoms with Crippen molar-refractivity contribution in [1.82, 2.24) is 10.3 Å². The van der Waals surface area contributed by atoms with Crippen LogP contribution in [0.1, 0.15) is 37.6 Å². The highest BCUT2D eigenvalue weighted by Gasteiger charge is 2.17. The number of H-pyrrole nitrogens is 1. The zero-order valence-corrected chi connectivity index (χ0v) is 12.2. The summed E-state index contributed by atoms with van der Waals surface area (Å²) in [5.41, 5.74) is 4.00. The lowest BCUT2D eigenvalue weighted by molar-refractivity contribution is 0.575. The number of aromatic nitrogens is 1. The van der Waals surface area contributed by atoms with Gasteiger partial charge in [0.15, 0.2) is 0 Å². The standard InChI is InChI=1S/C14H19BrN2/c1-4-11(16-3)14-10-8-9(15)6-7-13(10)17-12(14)5-2/h6-8,11,16-17H,4-5H2,1-3H3. The van der Waals surface area contributed by atoms with Crippen LogP contribution in [0.25, 0.3) is 10.9 Å². The Kier molecular flexibility index (Phi) is 3.89.